The maximum Gasteiger partial charge on any atom is 0.422 e. The number of alkyl halides is 3. The van der Waals surface area contributed by atoms with E-state index in [4.69, 9.17) is 0 Å². The van der Waals surface area contributed by atoms with Crippen molar-refractivity contribution in [2.75, 3.05) is 11.9 Å². The van der Waals surface area contributed by atoms with Gasteiger partial charge in [-0.2, -0.15) is 18.3 Å². The van der Waals surface area contributed by atoms with Gasteiger partial charge in [-0.1, -0.05) is 6.92 Å². The zero-order valence-corrected chi connectivity index (χ0v) is 14.6. The number of carbonyl (C=O) groups excluding carboxylic acids is 1. The standard InChI is InChI=1S/C17H15F4N5O2/c1-2-14(27)24-15-11-8-26(25-13(11)3-4-22-15)7-10-5-12(18)16(23-6-10)28-9-17(19,20)21/h3-6,8H,2,7,9H2,1H3,(H,22,24,27). The molecule has 148 valence electrons. The Hall–Kier alpha value is -3.24. The molecule has 11 heteroatoms. The highest BCUT2D eigenvalue weighted by Crippen LogP contribution is 2.22. The van der Waals surface area contributed by atoms with Gasteiger partial charge in [-0.05, 0) is 17.7 Å². The van der Waals surface area contributed by atoms with Gasteiger partial charge in [-0.25, -0.2) is 14.4 Å². The summed E-state index contributed by atoms with van der Waals surface area (Å²) in [4.78, 5) is 19.3. The second kappa shape index (κ2) is 7.79. The highest BCUT2D eigenvalue weighted by Gasteiger charge is 2.29. The van der Waals surface area contributed by atoms with Crippen molar-refractivity contribution in [2.45, 2.75) is 26.1 Å². The van der Waals surface area contributed by atoms with Crippen molar-refractivity contribution in [1.82, 2.24) is 19.7 Å². The molecule has 1 amide bonds. The number of hydrogen-bond acceptors (Lipinski definition) is 5. The first-order valence-corrected chi connectivity index (χ1v) is 8.21. The molecule has 0 saturated carbocycles. The Morgan fingerprint density at radius 2 is 2.11 bits per heavy atom. The fraction of sp³-hybridized carbons (Fsp3) is 0.294. The summed E-state index contributed by atoms with van der Waals surface area (Å²) < 4.78 is 56.2. The largest absolute Gasteiger partial charge is 0.466 e. The highest BCUT2D eigenvalue weighted by molar-refractivity contribution is 5.98. The third kappa shape index (κ3) is 4.72. The third-order valence-electron chi connectivity index (χ3n) is 3.64. The normalized spacial score (nSPS) is 11.6. The number of halogens is 4. The molecule has 7 nitrogen and oxygen atoms in total. The Bertz CT molecular complexity index is 1000. The van der Waals surface area contributed by atoms with Crippen molar-refractivity contribution in [3.63, 3.8) is 0 Å². The fourth-order valence-corrected chi connectivity index (χ4v) is 2.39. The van der Waals surface area contributed by atoms with E-state index in [1.54, 1.807) is 19.2 Å². The maximum absolute atomic E-state index is 13.9. The number of pyridine rings is 2. The molecule has 0 spiro atoms. The van der Waals surface area contributed by atoms with E-state index in [2.05, 4.69) is 25.1 Å². The first-order chi connectivity index (χ1) is 13.2. The number of fused-ring (bicyclic) bond motifs is 1. The maximum atomic E-state index is 13.9. The Balaban J connectivity index is 1.78. The molecule has 0 unspecified atom stereocenters. The molecule has 0 bridgehead atoms. The summed E-state index contributed by atoms with van der Waals surface area (Å²) >= 11 is 0. The second-order valence-electron chi connectivity index (χ2n) is 5.86. The van der Waals surface area contributed by atoms with Crippen LogP contribution in [0.15, 0.2) is 30.7 Å². The third-order valence-corrected chi connectivity index (χ3v) is 3.64. The second-order valence-corrected chi connectivity index (χ2v) is 5.86. The smallest absolute Gasteiger partial charge is 0.422 e. The minimum Gasteiger partial charge on any atom is -0.466 e. The number of nitrogens with zero attached hydrogens (tertiary/aromatic N) is 4. The number of nitrogens with one attached hydrogen (secondary N) is 1. The van der Waals surface area contributed by atoms with Crippen molar-refractivity contribution in [1.29, 1.82) is 0 Å². The Kier molecular flexibility index (Phi) is 5.43. The summed E-state index contributed by atoms with van der Waals surface area (Å²) in [6.45, 7) is 0.196. The molecule has 3 heterocycles. The number of carbonyl (C=O) groups is 1. The number of rotatable bonds is 6. The molecule has 0 aromatic carbocycles. The summed E-state index contributed by atoms with van der Waals surface area (Å²) in [5, 5.41) is 7.59. The van der Waals surface area contributed by atoms with Gasteiger partial charge in [0.1, 0.15) is 5.82 Å². The summed E-state index contributed by atoms with van der Waals surface area (Å²) in [6.07, 6.45) is 0.0402. The lowest BCUT2D eigenvalue weighted by Gasteiger charge is -2.09. The van der Waals surface area contributed by atoms with Crippen LogP contribution < -0.4 is 10.1 Å². The topological polar surface area (TPSA) is 81.9 Å². The molecule has 0 aliphatic carbocycles. The van der Waals surface area contributed by atoms with Gasteiger partial charge in [0.2, 0.25) is 5.91 Å². The molecule has 0 aliphatic heterocycles. The van der Waals surface area contributed by atoms with Gasteiger partial charge >= 0.3 is 6.18 Å². The molecule has 28 heavy (non-hydrogen) atoms. The quantitative estimate of drug-likeness (QED) is 0.646. The van der Waals surface area contributed by atoms with Crippen LogP contribution in [0.25, 0.3) is 10.9 Å². The molecule has 0 fully saturated rings. The molecular weight excluding hydrogens is 382 g/mol. The average Bonchev–Trinajstić information content (AvgIpc) is 3.03. The minimum absolute atomic E-state index is 0.110. The summed E-state index contributed by atoms with van der Waals surface area (Å²) in [5.41, 5.74) is 0.941. The predicted molar refractivity (Wildman–Crippen MR) is 91.3 cm³/mol. The van der Waals surface area contributed by atoms with Crippen molar-refractivity contribution in [3.8, 4) is 5.88 Å². The predicted octanol–water partition coefficient (Wildman–Crippen LogP) is 3.30. The van der Waals surface area contributed by atoms with Crippen LogP contribution in [-0.2, 0) is 11.3 Å². The van der Waals surface area contributed by atoms with E-state index >= 15 is 0 Å². The number of aromatic nitrogens is 4. The minimum atomic E-state index is -4.58. The van der Waals surface area contributed by atoms with E-state index in [0.29, 0.717) is 28.7 Å². The number of anilines is 1. The van der Waals surface area contributed by atoms with E-state index in [1.165, 1.54) is 17.1 Å². The average molecular weight is 397 g/mol. The van der Waals surface area contributed by atoms with Crippen LogP contribution in [0.1, 0.15) is 18.9 Å². The monoisotopic (exact) mass is 397 g/mol. The van der Waals surface area contributed by atoms with E-state index in [0.717, 1.165) is 6.07 Å². The molecule has 3 aromatic heterocycles. The SMILES string of the molecule is CCC(=O)Nc1nccc2nn(Cc3cnc(OCC(F)(F)F)c(F)c3)cc12. The van der Waals surface area contributed by atoms with E-state index < -0.39 is 24.5 Å². The lowest BCUT2D eigenvalue weighted by atomic mass is 10.3. The van der Waals surface area contributed by atoms with Gasteiger partial charge in [-0.15, -0.1) is 0 Å². The van der Waals surface area contributed by atoms with Crippen molar-refractivity contribution >= 4 is 22.6 Å². The highest BCUT2D eigenvalue weighted by atomic mass is 19.4. The van der Waals surface area contributed by atoms with E-state index in [9.17, 15) is 22.4 Å². The van der Waals surface area contributed by atoms with Gasteiger partial charge in [0.25, 0.3) is 5.88 Å². The lowest BCUT2D eigenvalue weighted by Crippen LogP contribution is -2.20. The molecule has 0 atom stereocenters. The fourth-order valence-electron chi connectivity index (χ4n) is 2.39. The summed E-state index contributed by atoms with van der Waals surface area (Å²) in [5.74, 6) is -1.57. The van der Waals surface area contributed by atoms with Gasteiger partial charge in [0.15, 0.2) is 12.4 Å². The first-order valence-electron chi connectivity index (χ1n) is 8.21. The molecular formula is C17H15F4N5O2. The summed E-state index contributed by atoms with van der Waals surface area (Å²) in [6, 6.07) is 2.68. The zero-order valence-electron chi connectivity index (χ0n) is 14.6. The summed E-state index contributed by atoms with van der Waals surface area (Å²) in [7, 11) is 0. The Morgan fingerprint density at radius 1 is 1.32 bits per heavy atom. The Morgan fingerprint density at radius 3 is 2.79 bits per heavy atom. The van der Waals surface area contributed by atoms with Crippen LogP contribution in [0.3, 0.4) is 0 Å². The van der Waals surface area contributed by atoms with Crippen molar-refractivity contribution in [3.05, 3.63) is 42.1 Å². The van der Waals surface area contributed by atoms with Crippen molar-refractivity contribution < 1.29 is 27.1 Å². The molecule has 0 aliphatic rings. The van der Waals surface area contributed by atoms with E-state index in [-0.39, 0.29) is 12.5 Å². The van der Waals surface area contributed by atoms with Crippen molar-refractivity contribution in [2.24, 2.45) is 0 Å². The van der Waals surface area contributed by atoms with Crippen LogP contribution in [0, 0.1) is 5.82 Å². The number of amides is 1. The number of ether oxygens (including phenoxy) is 1. The van der Waals surface area contributed by atoms with Gasteiger partial charge in [-0.3, -0.25) is 9.48 Å². The molecule has 0 saturated heterocycles. The number of hydrogen-bond donors (Lipinski definition) is 1. The molecule has 0 radical (unpaired) electrons. The Labute approximate surface area is 156 Å². The lowest BCUT2D eigenvalue weighted by molar-refractivity contribution is -0.154. The van der Waals surface area contributed by atoms with Crippen LogP contribution in [0.2, 0.25) is 0 Å². The zero-order chi connectivity index (χ0) is 20.3. The molecule has 3 rings (SSSR count). The molecule has 3 aromatic rings. The van der Waals surface area contributed by atoms with Crippen LogP contribution in [-0.4, -0.2) is 38.4 Å². The van der Waals surface area contributed by atoms with Crippen LogP contribution in [0.5, 0.6) is 5.88 Å². The van der Waals surface area contributed by atoms with Crippen LogP contribution in [0.4, 0.5) is 23.4 Å². The first kappa shape index (κ1) is 19.5. The van der Waals surface area contributed by atoms with Gasteiger partial charge in [0, 0.05) is 25.0 Å². The molecule has 1 N–H and O–H groups in total. The van der Waals surface area contributed by atoms with Crippen LogP contribution >= 0.6 is 0 Å². The van der Waals surface area contributed by atoms with E-state index in [1.807, 2.05) is 0 Å². The van der Waals surface area contributed by atoms with Gasteiger partial charge < -0.3 is 10.1 Å². The van der Waals surface area contributed by atoms with Gasteiger partial charge in [0.05, 0.1) is 17.4 Å².